The van der Waals surface area contributed by atoms with Gasteiger partial charge in [-0.3, -0.25) is 0 Å². The number of nitrogens with zero attached hydrogens (tertiary/aromatic N) is 2. The normalized spacial score (nSPS) is 10.6. The Balaban J connectivity index is 1.72. The van der Waals surface area contributed by atoms with Gasteiger partial charge in [-0.15, -0.1) is 0 Å². The van der Waals surface area contributed by atoms with E-state index in [-0.39, 0.29) is 5.82 Å². The Hall–Kier alpha value is -2.31. The lowest BCUT2D eigenvalue weighted by atomic mass is 10.2. The van der Waals surface area contributed by atoms with Gasteiger partial charge < -0.3 is 11.1 Å². The third kappa shape index (κ3) is 4.15. The summed E-state index contributed by atoms with van der Waals surface area (Å²) < 4.78 is 12.9. The van der Waals surface area contributed by atoms with Crippen molar-refractivity contribution in [3.8, 4) is 0 Å². The summed E-state index contributed by atoms with van der Waals surface area (Å²) in [5.41, 5.74) is 7.56. The first-order valence-corrected chi connectivity index (χ1v) is 8.33. The van der Waals surface area contributed by atoms with Gasteiger partial charge in [-0.25, -0.2) is 14.4 Å². The van der Waals surface area contributed by atoms with Crippen molar-refractivity contribution in [1.82, 2.24) is 9.97 Å². The zero-order chi connectivity index (χ0) is 16.9. The lowest BCUT2D eigenvalue weighted by molar-refractivity contribution is 0.627. The van der Waals surface area contributed by atoms with Crippen molar-refractivity contribution in [2.24, 2.45) is 0 Å². The van der Waals surface area contributed by atoms with Crippen molar-refractivity contribution < 1.29 is 4.39 Å². The molecule has 0 aliphatic rings. The number of hydrogen-bond acceptors (Lipinski definition) is 5. The molecule has 0 bridgehead atoms. The zero-order valence-electron chi connectivity index (χ0n) is 12.5. The molecule has 122 valence electrons. The Morgan fingerprint density at radius 1 is 1.04 bits per heavy atom. The molecule has 0 saturated heterocycles. The second kappa shape index (κ2) is 7.51. The number of halogens is 2. The molecular formula is C17H14ClFN4S. The quantitative estimate of drug-likeness (QED) is 0.650. The van der Waals surface area contributed by atoms with E-state index in [4.69, 9.17) is 17.3 Å². The highest BCUT2D eigenvalue weighted by molar-refractivity contribution is 7.99. The van der Waals surface area contributed by atoms with E-state index in [1.165, 1.54) is 30.2 Å². The van der Waals surface area contributed by atoms with Crippen LogP contribution in [0.15, 0.2) is 64.8 Å². The minimum absolute atomic E-state index is 0.262. The largest absolute Gasteiger partial charge is 0.394 e. The van der Waals surface area contributed by atoms with Gasteiger partial charge in [0.25, 0.3) is 0 Å². The molecule has 3 rings (SSSR count). The van der Waals surface area contributed by atoms with Gasteiger partial charge in [0.15, 0.2) is 5.82 Å². The van der Waals surface area contributed by atoms with Crippen LogP contribution < -0.4 is 11.1 Å². The zero-order valence-corrected chi connectivity index (χ0v) is 14.1. The molecule has 1 heterocycles. The standard InChI is InChI=1S/C17H14ClFN4S/c18-12-3-7-14(8-4-12)24-17-15(20)16(22-10-23-17)21-9-11-1-5-13(19)6-2-11/h1-8,10H,9,20H2,(H,21,22,23). The van der Waals surface area contributed by atoms with Crippen LogP contribution in [-0.2, 0) is 6.54 Å². The SMILES string of the molecule is Nc1c(NCc2ccc(F)cc2)ncnc1Sc1ccc(Cl)cc1. The molecule has 2 aromatic carbocycles. The van der Waals surface area contributed by atoms with Crippen molar-refractivity contribution >= 4 is 34.9 Å². The van der Waals surface area contributed by atoms with E-state index in [0.29, 0.717) is 28.1 Å². The predicted molar refractivity (Wildman–Crippen MR) is 95.7 cm³/mol. The van der Waals surface area contributed by atoms with E-state index in [1.807, 2.05) is 24.3 Å². The summed E-state index contributed by atoms with van der Waals surface area (Å²) in [6.07, 6.45) is 1.46. The van der Waals surface area contributed by atoms with Crippen molar-refractivity contribution in [2.45, 2.75) is 16.5 Å². The van der Waals surface area contributed by atoms with Crippen LogP contribution in [-0.4, -0.2) is 9.97 Å². The maximum Gasteiger partial charge on any atom is 0.154 e. The van der Waals surface area contributed by atoms with Gasteiger partial charge in [-0.2, -0.15) is 0 Å². The monoisotopic (exact) mass is 360 g/mol. The third-order valence-corrected chi connectivity index (χ3v) is 4.53. The average Bonchev–Trinajstić information content (AvgIpc) is 2.59. The smallest absolute Gasteiger partial charge is 0.154 e. The molecule has 0 atom stereocenters. The molecule has 4 nitrogen and oxygen atoms in total. The first kappa shape index (κ1) is 16.5. The molecule has 7 heteroatoms. The van der Waals surface area contributed by atoms with Crippen LogP contribution in [0.5, 0.6) is 0 Å². The molecule has 0 saturated carbocycles. The number of hydrogen-bond donors (Lipinski definition) is 2. The van der Waals surface area contributed by atoms with Gasteiger partial charge in [-0.1, -0.05) is 35.5 Å². The summed E-state index contributed by atoms with van der Waals surface area (Å²) in [4.78, 5) is 9.38. The van der Waals surface area contributed by atoms with Gasteiger partial charge in [-0.05, 0) is 42.0 Å². The van der Waals surface area contributed by atoms with Crippen LogP contribution in [0.2, 0.25) is 5.02 Å². The molecule has 0 radical (unpaired) electrons. The second-order valence-corrected chi connectivity index (χ2v) is 6.48. The minimum Gasteiger partial charge on any atom is -0.394 e. The molecule has 3 aromatic rings. The summed E-state index contributed by atoms with van der Waals surface area (Å²) in [6.45, 7) is 0.493. The topological polar surface area (TPSA) is 63.8 Å². The summed E-state index contributed by atoms with van der Waals surface area (Å²) in [7, 11) is 0. The Bertz CT molecular complexity index is 825. The number of nitrogens with one attached hydrogen (secondary N) is 1. The highest BCUT2D eigenvalue weighted by atomic mass is 35.5. The Morgan fingerprint density at radius 2 is 1.75 bits per heavy atom. The number of anilines is 2. The van der Waals surface area contributed by atoms with E-state index in [9.17, 15) is 4.39 Å². The molecule has 24 heavy (non-hydrogen) atoms. The first-order valence-electron chi connectivity index (χ1n) is 7.14. The van der Waals surface area contributed by atoms with Crippen LogP contribution in [0.1, 0.15) is 5.56 Å². The van der Waals surface area contributed by atoms with E-state index in [1.54, 1.807) is 12.1 Å². The fraction of sp³-hybridized carbons (Fsp3) is 0.0588. The van der Waals surface area contributed by atoms with Gasteiger partial charge in [0.2, 0.25) is 0 Å². The van der Waals surface area contributed by atoms with Gasteiger partial charge in [0, 0.05) is 16.5 Å². The van der Waals surface area contributed by atoms with Crippen LogP contribution >= 0.6 is 23.4 Å². The Morgan fingerprint density at radius 3 is 2.46 bits per heavy atom. The van der Waals surface area contributed by atoms with Crippen molar-refractivity contribution in [2.75, 3.05) is 11.1 Å². The van der Waals surface area contributed by atoms with Gasteiger partial charge in [0.05, 0.1) is 0 Å². The molecule has 0 fully saturated rings. The maximum atomic E-state index is 12.9. The number of nitrogens with two attached hydrogens (primary N) is 1. The Labute approximate surface area is 148 Å². The molecule has 0 aliphatic heterocycles. The molecule has 0 aliphatic carbocycles. The predicted octanol–water partition coefficient (Wildman–Crippen LogP) is 4.61. The average molecular weight is 361 g/mol. The lowest BCUT2D eigenvalue weighted by Crippen LogP contribution is -2.06. The summed E-state index contributed by atoms with van der Waals surface area (Å²) >= 11 is 7.32. The van der Waals surface area contributed by atoms with Crippen molar-refractivity contribution in [3.63, 3.8) is 0 Å². The van der Waals surface area contributed by atoms with Crippen molar-refractivity contribution in [3.05, 3.63) is 71.3 Å². The molecule has 3 N–H and O–H groups in total. The maximum absolute atomic E-state index is 12.9. The van der Waals surface area contributed by atoms with Crippen molar-refractivity contribution in [1.29, 1.82) is 0 Å². The number of rotatable bonds is 5. The summed E-state index contributed by atoms with van der Waals surface area (Å²) in [5, 5.41) is 4.49. The van der Waals surface area contributed by atoms with E-state index in [0.717, 1.165) is 10.5 Å². The van der Waals surface area contributed by atoms with Crippen LogP contribution in [0.3, 0.4) is 0 Å². The molecule has 1 aromatic heterocycles. The fourth-order valence-corrected chi connectivity index (χ4v) is 2.93. The summed E-state index contributed by atoms with van der Waals surface area (Å²) in [5.74, 6) is 0.285. The third-order valence-electron chi connectivity index (χ3n) is 3.25. The molecular weight excluding hydrogens is 347 g/mol. The number of aromatic nitrogens is 2. The van der Waals surface area contributed by atoms with E-state index >= 15 is 0 Å². The summed E-state index contributed by atoms with van der Waals surface area (Å²) in [6, 6.07) is 13.7. The number of nitrogen functional groups attached to an aromatic ring is 1. The van der Waals surface area contributed by atoms with Crippen LogP contribution in [0, 0.1) is 5.82 Å². The lowest BCUT2D eigenvalue weighted by Gasteiger charge is -2.11. The highest BCUT2D eigenvalue weighted by Gasteiger charge is 2.09. The highest BCUT2D eigenvalue weighted by Crippen LogP contribution is 2.33. The molecule has 0 unspecified atom stereocenters. The Kier molecular flexibility index (Phi) is 5.17. The van der Waals surface area contributed by atoms with Crippen LogP contribution in [0.25, 0.3) is 0 Å². The van der Waals surface area contributed by atoms with Gasteiger partial charge in [0.1, 0.15) is 22.9 Å². The first-order chi connectivity index (χ1) is 11.6. The van der Waals surface area contributed by atoms with E-state index < -0.39 is 0 Å². The fourth-order valence-electron chi connectivity index (χ4n) is 2.00. The van der Waals surface area contributed by atoms with E-state index in [2.05, 4.69) is 15.3 Å². The minimum atomic E-state index is -0.262. The van der Waals surface area contributed by atoms with Gasteiger partial charge >= 0.3 is 0 Å². The second-order valence-electron chi connectivity index (χ2n) is 4.98. The van der Waals surface area contributed by atoms with Crippen LogP contribution in [0.4, 0.5) is 15.9 Å². The number of benzene rings is 2. The molecule has 0 amide bonds. The molecule has 0 spiro atoms.